The molecule has 1 rings (SSSR count). The van der Waals surface area contributed by atoms with E-state index in [4.69, 9.17) is 9.84 Å². The third-order valence-corrected chi connectivity index (χ3v) is 3.41. The van der Waals surface area contributed by atoms with Crippen LogP contribution in [0.4, 0.5) is 0 Å². The highest BCUT2D eigenvalue weighted by Crippen LogP contribution is 2.29. The summed E-state index contributed by atoms with van der Waals surface area (Å²) in [6, 6.07) is 6.18. The molecule has 0 bridgehead atoms. The largest absolute Gasteiger partial charge is 0.496 e. The van der Waals surface area contributed by atoms with E-state index in [1.165, 1.54) is 5.56 Å². The normalized spacial score (nSPS) is 13.1. The Morgan fingerprint density at radius 2 is 2.00 bits per heavy atom. The predicted molar refractivity (Wildman–Crippen MR) is 76.8 cm³/mol. The van der Waals surface area contributed by atoms with Crippen LogP contribution in [0, 0.1) is 5.92 Å². The number of aliphatic carboxylic acids is 1. The van der Waals surface area contributed by atoms with Crippen LogP contribution in [0.3, 0.4) is 0 Å². The third-order valence-electron chi connectivity index (χ3n) is 3.41. The molecule has 1 unspecified atom stereocenters. The van der Waals surface area contributed by atoms with Crippen molar-refractivity contribution in [2.24, 2.45) is 5.92 Å². The molecule has 3 nitrogen and oxygen atoms in total. The molecule has 0 saturated heterocycles. The minimum atomic E-state index is -0.744. The van der Waals surface area contributed by atoms with E-state index in [9.17, 15) is 4.79 Å². The zero-order valence-corrected chi connectivity index (χ0v) is 12.5. The van der Waals surface area contributed by atoms with Gasteiger partial charge in [0.25, 0.3) is 0 Å². The van der Waals surface area contributed by atoms with Gasteiger partial charge >= 0.3 is 5.97 Å². The maximum absolute atomic E-state index is 10.9. The summed E-state index contributed by atoms with van der Waals surface area (Å²) >= 11 is 0. The maximum atomic E-state index is 10.9. The molecule has 19 heavy (non-hydrogen) atoms. The minimum absolute atomic E-state index is 0.0828. The lowest BCUT2D eigenvalue weighted by Gasteiger charge is -2.21. The molecule has 106 valence electrons. The molecule has 0 aliphatic rings. The fourth-order valence-corrected chi connectivity index (χ4v) is 1.94. The summed E-state index contributed by atoms with van der Waals surface area (Å²) in [6.07, 6.45) is 1.35. The van der Waals surface area contributed by atoms with E-state index in [0.29, 0.717) is 6.42 Å². The average Bonchev–Trinajstić information content (AvgIpc) is 2.34. The first-order valence-electron chi connectivity index (χ1n) is 6.66. The topological polar surface area (TPSA) is 46.5 Å². The molecule has 1 atom stereocenters. The number of hydrogen-bond acceptors (Lipinski definition) is 2. The van der Waals surface area contributed by atoms with Crippen molar-refractivity contribution in [3.8, 4) is 5.75 Å². The Kier molecular flexibility index (Phi) is 4.98. The van der Waals surface area contributed by atoms with Gasteiger partial charge in [-0.1, -0.05) is 39.8 Å². The Balaban J connectivity index is 2.94. The van der Waals surface area contributed by atoms with Crippen molar-refractivity contribution in [3.05, 3.63) is 29.3 Å². The summed E-state index contributed by atoms with van der Waals surface area (Å²) in [4.78, 5) is 10.9. The highest BCUT2D eigenvalue weighted by molar-refractivity contribution is 5.69. The van der Waals surface area contributed by atoms with Gasteiger partial charge in [0, 0.05) is 0 Å². The Morgan fingerprint density at radius 1 is 1.37 bits per heavy atom. The maximum Gasteiger partial charge on any atom is 0.306 e. The quantitative estimate of drug-likeness (QED) is 0.883. The Bertz CT molecular complexity index is 444. The van der Waals surface area contributed by atoms with E-state index < -0.39 is 5.97 Å². The molecule has 1 aromatic carbocycles. The van der Waals surface area contributed by atoms with Crippen LogP contribution in [-0.2, 0) is 16.6 Å². The molecule has 3 heteroatoms. The van der Waals surface area contributed by atoms with Crippen LogP contribution >= 0.6 is 0 Å². The van der Waals surface area contributed by atoms with Gasteiger partial charge in [0.2, 0.25) is 0 Å². The molecule has 0 saturated carbocycles. The summed E-state index contributed by atoms with van der Waals surface area (Å²) < 4.78 is 5.36. The number of ether oxygens (including phenoxy) is 1. The van der Waals surface area contributed by atoms with Crippen LogP contribution in [0.25, 0.3) is 0 Å². The molecule has 0 heterocycles. The van der Waals surface area contributed by atoms with Gasteiger partial charge in [-0.2, -0.15) is 0 Å². The van der Waals surface area contributed by atoms with Crippen molar-refractivity contribution in [1.82, 2.24) is 0 Å². The molecule has 0 amide bonds. The summed E-state index contributed by atoms with van der Waals surface area (Å²) in [5.41, 5.74) is 2.41. The lowest BCUT2D eigenvalue weighted by molar-refractivity contribution is -0.141. The SMILES string of the molecule is COc1ccc(C(C)(C)C)cc1CCC(C)C(=O)O. The fourth-order valence-electron chi connectivity index (χ4n) is 1.94. The zero-order valence-electron chi connectivity index (χ0n) is 12.5. The lowest BCUT2D eigenvalue weighted by Crippen LogP contribution is -2.13. The summed E-state index contributed by atoms with van der Waals surface area (Å²) in [7, 11) is 1.65. The second-order valence-corrected chi connectivity index (χ2v) is 6.05. The van der Waals surface area contributed by atoms with E-state index in [-0.39, 0.29) is 11.3 Å². The number of hydrogen-bond donors (Lipinski definition) is 1. The molecule has 0 aliphatic carbocycles. The van der Waals surface area contributed by atoms with Gasteiger partial charge in [-0.05, 0) is 35.4 Å². The summed E-state index contributed by atoms with van der Waals surface area (Å²) in [5.74, 6) is -0.237. The first-order valence-corrected chi connectivity index (χ1v) is 6.66. The van der Waals surface area contributed by atoms with Gasteiger partial charge in [-0.25, -0.2) is 0 Å². The second kappa shape index (κ2) is 6.09. The predicted octanol–water partition coefficient (Wildman–Crippen LogP) is 3.65. The highest BCUT2D eigenvalue weighted by Gasteiger charge is 2.17. The fraction of sp³-hybridized carbons (Fsp3) is 0.562. The Morgan fingerprint density at radius 3 is 2.47 bits per heavy atom. The van der Waals surface area contributed by atoms with Crippen molar-refractivity contribution in [2.75, 3.05) is 7.11 Å². The summed E-state index contributed by atoms with van der Waals surface area (Å²) in [6.45, 7) is 8.23. The number of methoxy groups -OCH3 is 1. The van der Waals surface area contributed by atoms with E-state index in [1.807, 2.05) is 6.07 Å². The number of carboxylic acids is 1. The van der Waals surface area contributed by atoms with Gasteiger partial charge in [0.1, 0.15) is 5.75 Å². The number of aryl methyl sites for hydroxylation is 1. The first-order chi connectivity index (χ1) is 8.75. The number of benzene rings is 1. The standard InChI is InChI=1S/C16H24O3/c1-11(15(17)18)6-7-12-10-13(16(2,3)4)8-9-14(12)19-5/h8-11H,6-7H2,1-5H3,(H,17,18). The van der Waals surface area contributed by atoms with Crippen LogP contribution in [0.15, 0.2) is 18.2 Å². The second-order valence-electron chi connectivity index (χ2n) is 6.05. The van der Waals surface area contributed by atoms with Crippen molar-refractivity contribution in [1.29, 1.82) is 0 Å². The minimum Gasteiger partial charge on any atom is -0.496 e. The average molecular weight is 264 g/mol. The Hall–Kier alpha value is -1.51. The van der Waals surface area contributed by atoms with Gasteiger partial charge < -0.3 is 9.84 Å². The number of carbonyl (C=O) groups is 1. The first kappa shape index (κ1) is 15.5. The smallest absolute Gasteiger partial charge is 0.306 e. The van der Waals surface area contributed by atoms with Gasteiger partial charge in [0.15, 0.2) is 0 Å². The van der Waals surface area contributed by atoms with E-state index in [0.717, 1.165) is 17.7 Å². The van der Waals surface area contributed by atoms with E-state index in [1.54, 1.807) is 14.0 Å². The molecule has 0 fully saturated rings. The molecule has 1 aromatic rings. The van der Waals surface area contributed by atoms with Crippen LogP contribution in [-0.4, -0.2) is 18.2 Å². The zero-order chi connectivity index (χ0) is 14.6. The van der Waals surface area contributed by atoms with Crippen LogP contribution in [0.1, 0.15) is 45.2 Å². The van der Waals surface area contributed by atoms with Crippen molar-refractivity contribution in [3.63, 3.8) is 0 Å². The summed E-state index contributed by atoms with van der Waals surface area (Å²) in [5, 5.41) is 8.94. The van der Waals surface area contributed by atoms with Crippen molar-refractivity contribution in [2.45, 2.75) is 46.0 Å². The van der Waals surface area contributed by atoms with Crippen molar-refractivity contribution < 1.29 is 14.6 Å². The highest BCUT2D eigenvalue weighted by atomic mass is 16.5. The molecule has 0 radical (unpaired) electrons. The lowest BCUT2D eigenvalue weighted by atomic mass is 9.85. The Labute approximate surface area is 115 Å². The molecule has 0 spiro atoms. The molecule has 0 aliphatic heterocycles. The molecule has 0 aromatic heterocycles. The van der Waals surface area contributed by atoms with Crippen LogP contribution in [0.5, 0.6) is 5.75 Å². The third kappa shape index (κ3) is 4.27. The number of carboxylic acid groups (broad SMARTS) is 1. The number of rotatable bonds is 5. The van der Waals surface area contributed by atoms with Gasteiger partial charge in [0.05, 0.1) is 13.0 Å². The van der Waals surface area contributed by atoms with Gasteiger partial charge in [-0.15, -0.1) is 0 Å². The monoisotopic (exact) mass is 264 g/mol. The van der Waals surface area contributed by atoms with E-state index in [2.05, 4.69) is 32.9 Å². The van der Waals surface area contributed by atoms with E-state index >= 15 is 0 Å². The molecular formula is C16H24O3. The van der Waals surface area contributed by atoms with Gasteiger partial charge in [-0.3, -0.25) is 4.79 Å². The molecular weight excluding hydrogens is 240 g/mol. The van der Waals surface area contributed by atoms with Crippen LogP contribution < -0.4 is 4.74 Å². The van der Waals surface area contributed by atoms with Crippen LogP contribution in [0.2, 0.25) is 0 Å². The van der Waals surface area contributed by atoms with Crippen molar-refractivity contribution >= 4 is 5.97 Å². The molecule has 1 N–H and O–H groups in total.